The molecular weight excluding hydrogens is 416 g/mol. The number of ether oxygens (including phenoxy) is 2. The topological polar surface area (TPSA) is 125 Å². The van der Waals surface area contributed by atoms with Crippen LogP contribution in [0, 0.1) is 17.0 Å². The van der Waals surface area contributed by atoms with Gasteiger partial charge in [0.2, 0.25) is 0 Å². The van der Waals surface area contributed by atoms with E-state index in [9.17, 15) is 19.7 Å². The Morgan fingerprint density at radius 2 is 2.00 bits per heavy atom. The molecule has 10 heteroatoms. The third-order valence-electron chi connectivity index (χ3n) is 4.87. The molecular formula is C22H22N4O6. The van der Waals surface area contributed by atoms with Crippen LogP contribution in [0.3, 0.4) is 0 Å². The number of fused-ring (bicyclic) bond motifs is 1. The molecule has 0 aliphatic heterocycles. The van der Waals surface area contributed by atoms with Crippen LogP contribution in [0.2, 0.25) is 0 Å². The highest BCUT2D eigenvalue weighted by atomic mass is 16.6. The molecule has 2 aromatic carbocycles. The molecule has 0 saturated heterocycles. The molecule has 166 valence electrons. The van der Waals surface area contributed by atoms with Crippen LogP contribution in [0.4, 0.5) is 5.69 Å². The average molecular weight is 438 g/mol. The minimum Gasteiger partial charge on any atom is -0.496 e. The number of nitro benzene ring substituents is 1. The van der Waals surface area contributed by atoms with Crippen molar-refractivity contribution < 1.29 is 24.0 Å². The first kappa shape index (κ1) is 22.5. The van der Waals surface area contributed by atoms with Crippen molar-refractivity contribution >= 4 is 34.7 Å². The first-order valence-electron chi connectivity index (χ1n) is 9.76. The lowest BCUT2D eigenvalue weighted by atomic mass is 10.1. The van der Waals surface area contributed by atoms with E-state index in [0.29, 0.717) is 6.61 Å². The first-order valence-corrected chi connectivity index (χ1v) is 9.76. The van der Waals surface area contributed by atoms with Crippen LogP contribution in [-0.2, 0) is 16.1 Å². The van der Waals surface area contributed by atoms with Crippen molar-refractivity contribution in [3.8, 4) is 5.75 Å². The summed E-state index contributed by atoms with van der Waals surface area (Å²) in [6, 6.07) is 11.2. The number of amides is 1. The molecule has 0 aliphatic rings. The number of non-ortho nitro benzene ring substituents is 1. The average Bonchev–Trinajstić information content (AvgIpc) is 3.04. The maximum Gasteiger partial charge on any atom is 0.325 e. The molecule has 1 amide bonds. The summed E-state index contributed by atoms with van der Waals surface area (Å²) in [4.78, 5) is 35.0. The fourth-order valence-corrected chi connectivity index (χ4v) is 3.36. The third kappa shape index (κ3) is 4.59. The number of esters is 1. The molecule has 1 N–H and O–H groups in total. The van der Waals surface area contributed by atoms with Crippen molar-refractivity contribution in [1.82, 2.24) is 9.99 Å². The Balaban J connectivity index is 1.89. The Bertz CT molecular complexity index is 1210. The van der Waals surface area contributed by atoms with Crippen LogP contribution in [-0.4, -0.2) is 41.3 Å². The SMILES string of the molecule is CCOC(=O)Cn1c(C)c(/C=N\NC(=O)c2cc([N+](=O)[O-])ccc2OC)c2ccccc21. The summed E-state index contributed by atoms with van der Waals surface area (Å²) in [5, 5.41) is 15.9. The van der Waals surface area contributed by atoms with Gasteiger partial charge in [-0.1, -0.05) is 18.2 Å². The van der Waals surface area contributed by atoms with Gasteiger partial charge in [0.05, 0.1) is 30.4 Å². The quantitative estimate of drug-likeness (QED) is 0.249. The predicted molar refractivity (Wildman–Crippen MR) is 118 cm³/mol. The number of aromatic nitrogens is 1. The van der Waals surface area contributed by atoms with Crippen molar-refractivity contribution in [2.75, 3.05) is 13.7 Å². The van der Waals surface area contributed by atoms with Crippen LogP contribution < -0.4 is 10.2 Å². The van der Waals surface area contributed by atoms with Crippen LogP contribution in [0.1, 0.15) is 28.5 Å². The van der Waals surface area contributed by atoms with Crippen molar-refractivity contribution in [2.45, 2.75) is 20.4 Å². The van der Waals surface area contributed by atoms with Gasteiger partial charge < -0.3 is 14.0 Å². The van der Waals surface area contributed by atoms with E-state index in [-0.39, 0.29) is 29.5 Å². The Morgan fingerprint density at radius 1 is 1.25 bits per heavy atom. The molecule has 10 nitrogen and oxygen atoms in total. The second-order valence-electron chi connectivity index (χ2n) is 6.75. The van der Waals surface area contributed by atoms with Gasteiger partial charge in [0, 0.05) is 34.3 Å². The fourth-order valence-electron chi connectivity index (χ4n) is 3.36. The highest BCUT2D eigenvalue weighted by Crippen LogP contribution is 2.25. The summed E-state index contributed by atoms with van der Waals surface area (Å²) in [7, 11) is 1.36. The minimum absolute atomic E-state index is 0.0136. The maximum atomic E-state index is 12.6. The van der Waals surface area contributed by atoms with E-state index in [1.54, 1.807) is 6.92 Å². The van der Waals surface area contributed by atoms with E-state index in [1.165, 1.54) is 25.5 Å². The van der Waals surface area contributed by atoms with Crippen LogP contribution in [0.5, 0.6) is 5.75 Å². The van der Waals surface area contributed by atoms with Gasteiger partial charge in [0.15, 0.2) is 0 Å². The van der Waals surface area contributed by atoms with Gasteiger partial charge in [-0.3, -0.25) is 19.7 Å². The summed E-state index contributed by atoms with van der Waals surface area (Å²) in [5.41, 5.74) is 4.44. The van der Waals surface area contributed by atoms with Crippen LogP contribution in [0.25, 0.3) is 10.9 Å². The van der Waals surface area contributed by atoms with E-state index < -0.39 is 10.8 Å². The lowest BCUT2D eigenvalue weighted by molar-refractivity contribution is -0.384. The Morgan fingerprint density at radius 3 is 2.69 bits per heavy atom. The molecule has 0 saturated carbocycles. The number of hydrogen-bond acceptors (Lipinski definition) is 7. The molecule has 0 fully saturated rings. The van der Waals surface area contributed by atoms with Crippen LogP contribution in [0.15, 0.2) is 47.6 Å². The van der Waals surface area contributed by atoms with Gasteiger partial charge >= 0.3 is 5.97 Å². The summed E-state index contributed by atoms with van der Waals surface area (Å²) in [6.07, 6.45) is 1.47. The number of benzene rings is 2. The number of para-hydroxylation sites is 1. The van der Waals surface area contributed by atoms with E-state index >= 15 is 0 Å². The molecule has 0 aliphatic carbocycles. The second kappa shape index (κ2) is 9.73. The van der Waals surface area contributed by atoms with Gasteiger partial charge in [0.25, 0.3) is 11.6 Å². The number of carbonyl (C=O) groups is 2. The third-order valence-corrected chi connectivity index (χ3v) is 4.87. The molecule has 1 aromatic heterocycles. The predicted octanol–water partition coefficient (Wildman–Crippen LogP) is 3.19. The summed E-state index contributed by atoms with van der Waals surface area (Å²) >= 11 is 0. The van der Waals surface area contributed by atoms with Crippen molar-refractivity contribution in [3.63, 3.8) is 0 Å². The maximum absolute atomic E-state index is 12.6. The number of nitrogens with one attached hydrogen (secondary N) is 1. The van der Waals surface area contributed by atoms with E-state index in [1.807, 2.05) is 35.8 Å². The standard InChI is InChI=1S/C22H22N4O6/c1-4-32-21(27)13-25-14(2)18(16-7-5-6-8-19(16)25)12-23-24-22(28)17-11-15(26(29)30)9-10-20(17)31-3/h5-12H,4,13H2,1-3H3,(H,24,28)/b23-12-. The monoisotopic (exact) mass is 438 g/mol. The first-order chi connectivity index (χ1) is 15.4. The Hall–Kier alpha value is -4.21. The summed E-state index contributed by atoms with van der Waals surface area (Å²) < 4.78 is 12.0. The van der Waals surface area contributed by atoms with Gasteiger partial charge in [-0.15, -0.1) is 0 Å². The number of nitrogens with zero attached hydrogens (tertiary/aromatic N) is 3. The number of rotatable bonds is 8. The molecule has 1 heterocycles. The Kier molecular flexibility index (Phi) is 6.83. The largest absolute Gasteiger partial charge is 0.496 e. The minimum atomic E-state index is -0.658. The smallest absolute Gasteiger partial charge is 0.325 e. The highest BCUT2D eigenvalue weighted by Gasteiger charge is 2.18. The number of hydrogen-bond donors (Lipinski definition) is 1. The molecule has 3 aromatic rings. The molecule has 3 rings (SSSR count). The zero-order valence-corrected chi connectivity index (χ0v) is 17.8. The van der Waals surface area contributed by atoms with Gasteiger partial charge in [0.1, 0.15) is 12.3 Å². The lowest BCUT2D eigenvalue weighted by Crippen LogP contribution is -2.19. The fraction of sp³-hybridized carbons (Fsp3) is 0.227. The lowest BCUT2D eigenvalue weighted by Gasteiger charge is -2.07. The zero-order chi connectivity index (χ0) is 23.3. The molecule has 32 heavy (non-hydrogen) atoms. The van der Waals surface area contributed by atoms with Crippen molar-refractivity contribution in [1.29, 1.82) is 0 Å². The summed E-state index contributed by atoms with van der Waals surface area (Å²) in [6.45, 7) is 3.92. The number of nitro groups is 1. The number of carbonyl (C=O) groups excluding carboxylic acids is 2. The van der Waals surface area contributed by atoms with Crippen molar-refractivity contribution in [3.05, 3.63) is 69.4 Å². The normalized spacial score (nSPS) is 11.0. The molecule has 0 radical (unpaired) electrons. The van der Waals surface area contributed by atoms with E-state index in [2.05, 4.69) is 10.5 Å². The van der Waals surface area contributed by atoms with Gasteiger partial charge in [-0.2, -0.15) is 5.10 Å². The van der Waals surface area contributed by atoms with Crippen LogP contribution >= 0.6 is 0 Å². The molecule has 0 spiro atoms. The summed E-state index contributed by atoms with van der Waals surface area (Å²) in [5.74, 6) is -0.828. The van der Waals surface area contributed by atoms with Gasteiger partial charge in [-0.05, 0) is 26.0 Å². The molecule has 0 unspecified atom stereocenters. The Labute approximate surface area is 183 Å². The van der Waals surface area contributed by atoms with Gasteiger partial charge in [-0.25, -0.2) is 5.43 Å². The number of methoxy groups -OCH3 is 1. The van der Waals surface area contributed by atoms with Crippen molar-refractivity contribution in [2.24, 2.45) is 5.10 Å². The zero-order valence-electron chi connectivity index (χ0n) is 17.8. The van der Waals surface area contributed by atoms with E-state index in [0.717, 1.165) is 28.2 Å². The second-order valence-corrected chi connectivity index (χ2v) is 6.75. The molecule has 0 atom stereocenters. The molecule has 0 bridgehead atoms. The van der Waals surface area contributed by atoms with E-state index in [4.69, 9.17) is 9.47 Å². The highest BCUT2D eigenvalue weighted by molar-refractivity contribution is 6.03. The number of hydrazone groups is 1.